The number of aliphatic imine (C=N–C) groups is 1. The molecule has 146 valence electrons. The number of halogens is 2. The smallest absolute Gasteiger partial charge is 0.202 e. The van der Waals surface area contributed by atoms with Crippen LogP contribution < -0.4 is 4.74 Å². The SMILES string of the molecule is CCCCCCCCOc1ccc(N=Cc2ccc(CC)cc2)c(F)c1F. The first-order valence-corrected chi connectivity index (χ1v) is 9.89. The van der Waals surface area contributed by atoms with E-state index < -0.39 is 11.6 Å². The Morgan fingerprint density at radius 3 is 2.26 bits per heavy atom. The predicted molar refractivity (Wildman–Crippen MR) is 108 cm³/mol. The largest absolute Gasteiger partial charge is 0.490 e. The fourth-order valence-corrected chi connectivity index (χ4v) is 2.78. The van der Waals surface area contributed by atoms with Crippen LogP contribution in [0.2, 0.25) is 0 Å². The van der Waals surface area contributed by atoms with Gasteiger partial charge in [-0.05, 0) is 36.1 Å². The van der Waals surface area contributed by atoms with Crippen molar-refractivity contribution < 1.29 is 13.5 Å². The van der Waals surface area contributed by atoms with Crippen LogP contribution in [0.3, 0.4) is 0 Å². The zero-order valence-electron chi connectivity index (χ0n) is 16.3. The quantitative estimate of drug-likeness (QED) is 0.306. The van der Waals surface area contributed by atoms with Crippen molar-refractivity contribution >= 4 is 11.9 Å². The maximum atomic E-state index is 14.2. The van der Waals surface area contributed by atoms with Gasteiger partial charge in [0, 0.05) is 6.21 Å². The topological polar surface area (TPSA) is 21.6 Å². The summed E-state index contributed by atoms with van der Waals surface area (Å²) in [5, 5.41) is 0. The molecule has 0 spiro atoms. The average Bonchev–Trinajstić information content (AvgIpc) is 2.70. The second kappa shape index (κ2) is 11.5. The summed E-state index contributed by atoms with van der Waals surface area (Å²) in [6.45, 7) is 4.66. The van der Waals surface area contributed by atoms with Gasteiger partial charge < -0.3 is 4.74 Å². The van der Waals surface area contributed by atoms with Gasteiger partial charge in [-0.1, -0.05) is 70.2 Å². The Kier molecular flexibility index (Phi) is 8.96. The lowest BCUT2D eigenvalue weighted by Crippen LogP contribution is -2.01. The Balaban J connectivity index is 1.90. The van der Waals surface area contributed by atoms with Crippen molar-refractivity contribution in [1.82, 2.24) is 0 Å². The Morgan fingerprint density at radius 2 is 1.56 bits per heavy atom. The molecular weight excluding hydrogens is 344 g/mol. The van der Waals surface area contributed by atoms with E-state index in [1.165, 1.54) is 43.2 Å². The maximum Gasteiger partial charge on any atom is 0.202 e. The molecule has 4 heteroatoms. The first-order chi connectivity index (χ1) is 13.2. The van der Waals surface area contributed by atoms with Crippen LogP contribution in [0.5, 0.6) is 5.75 Å². The number of rotatable bonds is 11. The number of nitrogens with zero attached hydrogens (tertiary/aromatic N) is 1. The Bertz CT molecular complexity index is 726. The van der Waals surface area contributed by atoms with Crippen LogP contribution in [0.4, 0.5) is 14.5 Å². The molecular formula is C23H29F2NO. The molecule has 0 aromatic heterocycles. The van der Waals surface area contributed by atoms with Crippen LogP contribution in [0.15, 0.2) is 41.4 Å². The van der Waals surface area contributed by atoms with Crippen molar-refractivity contribution in [2.24, 2.45) is 4.99 Å². The molecule has 2 nitrogen and oxygen atoms in total. The minimum Gasteiger partial charge on any atom is -0.490 e. The minimum atomic E-state index is -0.975. The normalized spacial score (nSPS) is 11.3. The van der Waals surface area contributed by atoms with Gasteiger partial charge in [0.05, 0.1) is 6.61 Å². The van der Waals surface area contributed by atoms with Crippen LogP contribution >= 0.6 is 0 Å². The number of benzene rings is 2. The van der Waals surface area contributed by atoms with Gasteiger partial charge in [-0.3, -0.25) is 4.99 Å². The van der Waals surface area contributed by atoms with Gasteiger partial charge in [0.2, 0.25) is 5.82 Å². The van der Waals surface area contributed by atoms with Gasteiger partial charge in [0.1, 0.15) is 5.69 Å². The summed E-state index contributed by atoms with van der Waals surface area (Å²) < 4.78 is 33.8. The molecule has 0 bridgehead atoms. The highest BCUT2D eigenvalue weighted by molar-refractivity contribution is 5.82. The van der Waals surface area contributed by atoms with Crippen molar-refractivity contribution in [2.45, 2.75) is 58.8 Å². The van der Waals surface area contributed by atoms with E-state index in [4.69, 9.17) is 4.74 Å². The van der Waals surface area contributed by atoms with Crippen molar-refractivity contribution in [3.8, 4) is 5.75 Å². The Labute approximate surface area is 161 Å². The summed E-state index contributed by atoms with van der Waals surface area (Å²) >= 11 is 0. The van der Waals surface area contributed by atoms with Gasteiger partial charge >= 0.3 is 0 Å². The highest BCUT2D eigenvalue weighted by atomic mass is 19.2. The summed E-state index contributed by atoms with van der Waals surface area (Å²) in [4.78, 5) is 4.08. The van der Waals surface area contributed by atoms with Gasteiger partial charge in [0.15, 0.2) is 11.6 Å². The second-order valence-electron chi connectivity index (χ2n) is 6.68. The van der Waals surface area contributed by atoms with Gasteiger partial charge in [-0.25, -0.2) is 4.39 Å². The van der Waals surface area contributed by atoms with Crippen LogP contribution in [0.25, 0.3) is 0 Å². The molecule has 0 saturated heterocycles. The molecule has 2 rings (SSSR count). The van der Waals surface area contributed by atoms with E-state index in [9.17, 15) is 8.78 Å². The number of unbranched alkanes of at least 4 members (excludes halogenated alkanes) is 5. The monoisotopic (exact) mass is 373 g/mol. The second-order valence-corrected chi connectivity index (χ2v) is 6.68. The lowest BCUT2D eigenvalue weighted by atomic mass is 10.1. The molecule has 0 heterocycles. The number of ether oxygens (including phenoxy) is 1. The molecule has 0 unspecified atom stereocenters. The molecule has 0 saturated carbocycles. The van der Waals surface area contributed by atoms with Gasteiger partial charge in [-0.2, -0.15) is 4.39 Å². The van der Waals surface area contributed by atoms with E-state index in [1.54, 1.807) is 0 Å². The number of aryl methyl sites for hydroxylation is 1. The van der Waals surface area contributed by atoms with E-state index in [2.05, 4.69) is 18.8 Å². The van der Waals surface area contributed by atoms with Crippen LogP contribution in [0.1, 0.15) is 63.5 Å². The molecule has 0 N–H and O–H groups in total. The summed E-state index contributed by atoms with van der Waals surface area (Å²) in [6, 6.07) is 10.7. The molecule has 0 atom stereocenters. The van der Waals surface area contributed by atoms with Gasteiger partial charge in [0.25, 0.3) is 0 Å². The summed E-state index contributed by atoms with van der Waals surface area (Å²) in [7, 11) is 0. The molecule has 0 aliphatic rings. The zero-order valence-corrected chi connectivity index (χ0v) is 16.3. The molecule has 0 amide bonds. The Hall–Kier alpha value is -2.23. The zero-order chi connectivity index (χ0) is 19.5. The van der Waals surface area contributed by atoms with E-state index >= 15 is 0 Å². The molecule has 2 aromatic rings. The lowest BCUT2D eigenvalue weighted by molar-refractivity contribution is 0.285. The number of hydrogen-bond acceptors (Lipinski definition) is 2. The van der Waals surface area contributed by atoms with Crippen molar-refractivity contribution in [3.05, 3.63) is 59.2 Å². The fourth-order valence-electron chi connectivity index (χ4n) is 2.78. The fraction of sp³-hybridized carbons (Fsp3) is 0.435. The van der Waals surface area contributed by atoms with E-state index in [0.29, 0.717) is 6.61 Å². The van der Waals surface area contributed by atoms with Gasteiger partial charge in [-0.15, -0.1) is 0 Å². The van der Waals surface area contributed by atoms with E-state index in [0.717, 1.165) is 31.2 Å². The molecule has 0 aliphatic heterocycles. The molecule has 2 aromatic carbocycles. The van der Waals surface area contributed by atoms with Crippen molar-refractivity contribution in [1.29, 1.82) is 0 Å². The summed E-state index contributed by atoms with van der Waals surface area (Å²) in [5.74, 6) is -2.00. The third kappa shape index (κ3) is 6.78. The lowest BCUT2D eigenvalue weighted by Gasteiger charge is -2.08. The van der Waals surface area contributed by atoms with Crippen LogP contribution in [-0.2, 0) is 6.42 Å². The molecule has 0 fully saturated rings. The third-order valence-electron chi connectivity index (χ3n) is 4.52. The first kappa shape index (κ1) is 21.1. The third-order valence-corrected chi connectivity index (χ3v) is 4.52. The minimum absolute atomic E-state index is 0.0287. The first-order valence-electron chi connectivity index (χ1n) is 9.89. The molecule has 0 radical (unpaired) electrons. The van der Waals surface area contributed by atoms with E-state index in [1.807, 2.05) is 24.3 Å². The highest BCUT2D eigenvalue weighted by Gasteiger charge is 2.14. The number of hydrogen-bond donors (Lipinski definition) is 0. The van der Waals surface area contributed by atoms with E-state index in [-0.39, 0.29) is 11.4 Å². The summed E-state index contributed by atoms with van der Waals surface area (Å²) in [5.41, 5.74) is 2.03. The molecule has 27 heavy (non-hydrogen) atoms. The Morgan fingerprint density at radius 1 is 0.852 bits per heavy atom. The summed E-state index contributed by atoms with van der Waals surface area (Å²) in [6.07, 6.45) is 9.20. The molecule has 0 aliphatic carbocycles. The average molecular weight is 373 g/mol. The van der Waals surface area contributed by atoms with Crippen LogP contribution in [0, 0.1) is 11.6 Å². The maximum absolute atomic E-state index is 14.2. The van der Waals surface area contributed by atoms with Crippen LogP contribution in [-0.4, -0.2) is 12.8 Å². The highest BCUT2D eigenvalue weighted by Crippen LogP contribution is 2.28. The van der Waals surface area contributed by atoms with Crippen molar-refractivity contribution in [2.75, 3.05) is 6.61 Å². The van der Waals surface area contributed by atoms with Crippen molar-refractivity contribution in [3.63, 3.8) is 0 Å². The predicted octanol–water partition coefficient (Wildman–Crippen LogP) is 7.02. The standard InChI is InChI=1S/C23H29F2NO/c1-3-5-6-7-8-9-16-27-21-15-14-20(22(24)23(21)25)26-17-19-12-10-18(4-2)11-13-19/h10-15,17H,3-9,16H2,1-2H3.